The Balaban J connectivity index is 1.64. The van der Waals surface area contributed by atoms with Crippen molar-refractivity contribution in [3.05, 3.63) is 52.5 Å². The molecule has 1 N–H and O–H groups in total. The van der Waals surface area contributed by atoms with Gasteiger partial charge >= 0.3 is 6.61 Å². The van der Waals surface area contributed by atoms with Gasteiger partial charge in [-0.2, -0.15) is 8.78 Å². The van der Waals surface area contributed by atoms with Gasteiger partial charge in [0.2, 0.25) is 5.91 Å². The topological polar surface area (TPSA) is 47.6 Å². The molecular formula is C18H16BrF2NO3. The Hall–Kier alpha value is -2.15. The van der Waals surface area contributed by atoms with Crippen molar-refractivity contribution in [3.63, 3.8) is 0 Å². The Morgan fingerprint density at radius 3 is 2.92 bits per heavy atom. The van der Waals surface area contributed by atoms with Gasteiger partial charge in [0.25, 0.3) is 0 Å². The lowest BCUT2D eigenvalue weighted by Crippen LogP contribution is -2.26. The van der Waals surface area contributed by atoms with E-state index in [1.165, 1.54) is 12.1 Å². The third-order valence-electron chi connectivity index (χ3n) is 3.86. The van der Waals surface area contributed by atoms with Gasteiger partial charge in [0, 0.05) is 16.8 Å². The van der Waals surface area contributed by atoms with E-state index in [2.05, 4.69) is 26.0 Å². The van der Waals surface area contributed by atoms with Crippen LogP contribution in [-0.2, 0) is 11.2 Å². The van der Waals surface area contributed by atoms with Crippen LogP contribution < -0.4 is 14.8 Å². The first-order valence-electron chi connectivity index (χ1n) is 7.76. The van der Waals surface area contributed by atoms with Crippen molar-refractivity contribution < 1.29 is 23.0 Å². The van der Waals surface area contributed by atoms with Crippen LogP contribution in [-0.4, -0.2) is 19.1 Å². The second-order valence-electron chi connectivity index (χ2n) is 5.76. The molecule has 2 aromatic carbocycles. The van der Waals surface area contributed by atoms with E-state index in [0.717, 1.165) is 17.7 Å². The summed E-state index contributed by atoms with van der Waals surface area (Å²) < 4.78 is 35.7. The van der Waals surface area contributed by atoms with Crippen molar-refractivity contribution >= 4 is 27.5 Å². The smallest absolute Gasteiger partial charge is 0.387 e. The maximum Gasteiger partial charge on any atom is 0.387 e. The average molecular weight is 412 g/mol. The largest absolute Gasteiger partial charge is 0.493 e. The Morgan fingerprint density at radius 1 is 1.32 bits per heavy atom. The molecule has 4 nitrogen and oxygen atoms in total. The highest BCUT2D eigenvalue weighted by molar-refractivity contribution is 9.10. The molecule has 0 bridgehead atoms. The fourth-order valence-electron chi connectivity index (χ4n) is 2.78. The molecule has 2 aromatic rings. The molecule has 1 unspecified atom stereocenters. The summed E-state index contributed by atoms with van der Waals surface area (Å²) in [6, 6.07) is 12.3. The number of carbonyl (C=O) groups excluding carboxylic acids is 1. The number of hydrogen-bond acceptors (Lipinski definition) is 3. The van der Waals surface area contributed by atoms with E-state index in [0.29, 0.717) is 11.1 Å². The average Bonchev–Trinajstić information content (AvgIpc) is 2.57. The zero-order valence-corrected chi connectivity index (χ0v) is 14.8. The van der Waals surface area contributed by atoms with Crippen LogP contribution in [0.25, 0.3) is 0 Å². The molecule has 0 saturated carbocycles. The van der Waals surface area contributed by atoms with Crippen molar-refractivity contribution in [1.82, 2.24) is 0 Å². The van der Waals surface area contributed by atoms with Crippen molar-refractivity contribution in [2.45, 2.75) is 19.5 Å². The van der Waals surface area contributed by atoms with E-state index in [9.17, 15) is 13.6 Å². The lowest BCUT2D eigenvalue weighted by Gasteiger charge is -2.25. The number of para-hydroxylation sites is 1. The molecule has 0 radical (unpaired) electrons. The molecule has 0 fully saturated rings. The van der Waals surface area contributed by atoms with Crippen molar-refractivity contribution in [1.29, 1.82) is 0 Å². The van der Waals surface area contributed by atoms with Gasteiger partial charge in [-0.3, -0.25) is 4.79 Å². The van der Waals surface area contributed by atoms with Gasteiger partial charge in [-0.1, -0.05) is 34.1 Å². The Morgan fingerprint density at radius 2 is 2.12 bits per heavy atom. The number of rotatable bonds is 5. The number of fused-ring (bicyclic) bond motifs is 1. The number of alkyl halides is 2. The predicted molar refractivity (Wildman–Crippen MR) is 93.2 cm³/mol. The summed E-state index contributed by atoms with van der Waals surface area (Å²) in [5, 5.41) is 2.64. The third kappa shape index (κ3) is 4.69. The van der Waals surface area contributed by atoms with Crippen molar-refractivity contribution in [2.24, 2.45) is 5.92 Å². The highest BCUT2D eigenvalue weighted by Crippen LogP contribution is 2.31. The quantitative estimate of drug-likeness (QED) is 0.779. The second kappa shape index (κ2) is 7.82. The summed E-state index contributed by atoms with van der Waals surface area (Å²) in [5.41, 5.74) is 1.28. The molecule has 1 aliphatic rings. The number of carbonyl (C=O) groups is 1. The monoisotopic (exact) mass is 411 g/mol. The van der Waals surface area contributed by atoms with Gasteiger partial charge in [0.1, 0.15) is 5.75 Å². The van der Waals surface area contributed by atoms with Crippen LogP contribution in [0.4, 0.5) is 14.5 Å². The molecule has 1 aliphatic heterocycles. The minimum atomic E-state index is -2.96. The second-order valence-corrected chi connectivity index (χ2v) is 6.68. The molecule has 25 heavy (non-hydrogen) atoms. The first-order chi connectivity index (χ1) is 12.0. The van der Waals surface area contributed by atoms with Crippen LogP contribution in [0, 0.1) is 5.92 Å². The summed E-state index contributed by atoms with van der Waals surface area (Å²) in [4.78, 5) is 12.3. The van der Waals surface area contributed by atoms with E-state index in [4.69, 9.17) is 4.74 Å². The molecule has 1 heterocycles. The number of ether oxygens (including phenoxy) is 2. The molecule has 0 saturated heterocycles. The van der Waals surface area contributed by atoms with Crippen LogP contribution in [0.2, 0.25) is 0 Å². The third-order valence-corrected chi connectivity index (χ3v) is 4.36. The zero-order valence-electron chi connectivity index (χ0n) is 13.2. The number of anilines is 1. The van der Waals surface area contributed by atoms with Crippen molar-refractivity contribution in [3.8, 4) is 11.5 Å². The maximum atomic E-state index is 12.5. The fraction of sp³-hybridized carbons (Fsp3) is 0.278. The summed E-state index contributed by atoms with van der Waals surface area (Å²) in [6.45, 7) is -2.52. The lowest BCUT2D eigenvalue weighted by atomic mass is 9.94. The number of halogens is 3. The molecule has 0 aliphatic carbocycles. The van der Waals surface area contributed by atoms with Gasteiger partial charge in [0.05, 0.1) is 12.3 Å². The van der Waals surface area contributed by atoms with Gasteiger partial charge in [-0.25, -0.2) is 0 Å². The van der Waals surface area contributed by atoms with Crippen LogP contribution in [0.3, 0.4) is 0 Å². The Labute approximate surface area is 152 Å². The first kappa shape index (κ1) is 17.7. The van der Waals surface area contributed by atoms with Gasteiger partial charge in [-0.15, -0.1) is 0 Å². The molecule has 1 amide bonds. The summed E-state index contributed by atoms with van der Waals surface area (Å²) in [7, 11) is 0. The number of benzene rings is 2. The molecule has 132 valence electrons. The van der Waals surface area contributed by atoms with Crippen LogP contribution >= 0.6 is 15.9 Å². The standard InChI is InChI=1S/C18H16BrF2NO3/c19-13-5-6-14(16(9-13)25-18(20)21)22-17(23)8-11-7-12-3-1-2-4-15(12)24-10-11/h1-6,9,11,18H,7-8,10H2,(H,22,23). The molecule has 1 atom stereocenters. The van der Waals surface area contributed by atoms with Gasteiger partial charge in [0.15, 0.2) is 5.75 Å². The SMILES string of the molecule is O=C(CC1COc2ccccc2C1)Nc1ccc(Br)cc1OC(F)F. The Kier molecular flexibility index (Phi) is 5.53. The van der Waals surface area contributed by atoms with E-state index >= 15 is 0 Å². The van der Waals surface area contributed by atoms with Crippen LogP contribution in [0.15, 0.2) is 46.9 Å². The van der Waals surface area contributed by atoms with E-state index in [1.807, 2.05) is 24.3 Å². The molecule has 3 rings (SSSR count). The van der Waals surface area contributed by atoms with E-state index in [1.54, 1.807) is 6.07 Å². The van der Waals surface area contributed by atoms with Crippen molar-refractivity contribution in [2.75, 3.05) is 11.9 Å². The molecule has 0 spiro atoms. The number of amides is 1. The first-order valence-corrected chi connectivity index (χ1v) is 8.55. The van der Waals surface area contributed by atoms with E-state index in [-0.39, 0.29) is 29.7 Å². The summed E-state index contributed by atoms with van der Waals surface area (Å²) in [5.74, 6) is 0.530. The van der Waals surface area contributed by atoms with E-state index < -0.39 is 6.61 Å². The normalized spacial score (nSPS) is 16.1. The van der Waals surface area contributed by atoms with Gasteiger partial charge in [-0.05, 0) is 36.2 Å². The highest BCUT2D eigenvalue weighted by atomic mass is 79.9. The predicted octanol–water partition coefficient (Wildman–Crippen LogP) is 4.63. The molecule has 0 aromatic heterocycles. The lowest BCUT2D eigenvalue weighted by molar-refractivity contribution is -0.117. The highest BCUT2D eigenvalue weighted by Gasteiger charge is 2.22. The van der Waals surface area contributed by atoms with Gasteiger partial charge < -0.3 is 14.8 Å². The minimum Gasteiger partial charge on any atom is -0.493 e. The molecule has 7 heteroatoms. The number of nitrogens with one attached hydrogen (secondary N) is 1. The van der Waals surface area contributed by atoms with Crippen LogP contribution in [0.5, 0.6) is 11.5 Å². The Bertz CT molecular complexity index is 770. The van der Waals surface area contributed by atoms with Crippen LogP contribution in [0.1, 0.15) is 12.0 Å². The fourth-order valence-corrected chi connectivity index (χ4v) is 3.12. The summed E-state index contributed by atoms with van der Waals surface area (Å²) in [6.07, 6.45) is 0.975. The molecular weight excluding hydrogens is 396 g/mol. The maximum absolute atomic E-state index is 12.5. The minimum absolute atomic E-state index is 0.0322. The summed E-state index contributed by atoms with van der Waals surface area (Å²) >= 11 is 3.19. The number of hydrogen-bond donors (Lipinski definition) is 1. The zero-order chi connectivity index (χ0) is 17.8.